The van der Waals surface area contributed by atoms with Crippen molar-refractivity contribution in [2.75, 3.05) is 6.61 Å². The Morgan fingerprint density at radius 3 is 2.50 bits per heavy atom. The highest BCUT2D eigenvalue weighted by molar-refractivity contribution is 7.80. The van der Waals surface area contributed by atoms with Crippen molar-refractivity contribution in [3.05, 3.63) is 34.9 Å². The van der Waals surface area contributed by atoms with Crippen molar-refractivity contribution in [2.45, 2.75) is 6.92 Å². The van der Waals surface area contributed by atoms with Crippen molar-refractivity contribution in [3.8, 4) is 5.75 Å². The first-order chi connectivity index (χ1) is 10.4. The van der Waals surface area contributed by atoms with Gasteiger partial charge in [-0.25, -0.2) is 4.79 Å². The van der Waals surface area contributed by atoms with Gasteiger partial charge in [-0.15, -0.1) is 0 Å². The summed E-state index contributed by atoms with van der Waals surface area (Å²) in [7, 11) is 0. The summed E-state index contributed by atoms with van der Waals surface area (Å²) in [6.45, 7) is 2.12. The molecule has 0 unspecified atom stereocenters. The number of ether oxygens (including phenoxy) is 1. The summed E-state index contributed by atoms with van der Waals surface area (Å²) in [4.78, 5) is 34.7. The molecule has 1 aromatic carbocycles. The van der Waals surface area contributed by atoms with Gasteiger partial charge in [-0.2, -0.15) is 0 Å². The van der Waals surface area contributed by atoms with Gasteiger partial charge in [0.05, 0.1) is 12.2 Å². The lowest BCUT2D eigenvalue weighted by molar-refractivity contribution is -0.123. The van der Waals surface area contributed by atoms with Gasteiger partial charge < -0.3 is 9.84 Å². The number of carboxylic acids is 1. The van der Waals surface area contributed by atoms with Crippen LogP contribution >= 0.6 is 12.2 Å². The van der Waals surface area contributed by atoms with Crippen molar-refractivity contribution in [2.24, 2.45) is 0 Å². The molecule has 2 rings (SSSR count). The predicted octanol–water partition coefficient (Wildman–Crippen LogP) is 0.698. The van der Waals surface area contributed by atoms with Gasteiger partial charge in [0.2, 0.25) is 0 Å². The van der Waals surface area contributed by atoms with Gasteiger partial charge in [0.1, 0.15) is 11.3 Å². The number of nitrogens with one attached hydrogen (secondary N) is 2. The van der Waals surface area contributed by atoms with E-state index in [9.17, 15) is 14.4 Å². The Labute approximate surface area is 131 Å². The average molecular weight is 320 g/mol. The van der Waals surface area contributed by atoms with E-state index in [2.05, 4.69) is 10.6 Å². The minimum Gasteiger partial charge on any atom is -0.493 e. The number of thiocarbonyl (C=S) groups is 1. The molecular formula is C14H12N2O5S. The third-order valence-corrected chi connectivity index (χ3v) is 3.00. The molecule has 0 aliphatic carbocycles. The molecule has 1 aliphatic heterocycles. The Hall–Kier alpha value is -2.74. The van der Waals surface area contributed by atoms with E-state index in [4.69, 9.17) is 22.1 Å². The molecule has 1 aromatic rings. The first-order valence-electron chi connectivity index (χ1n) is 6.31. The summed E-state index contributed by atoms with van der Waals surface area (Å²) in [6.07, 6.45) is 1.27. The molecule has 8 heteroatoms. The minimum atomic E-state index is -1.12. The predicted molar refractivity (Wildman–Crippen MR) is 81.4 cm³/mol. The summed E-state index contributed by atoms with van der Waals surface area (Å²) in [5, 5.41) is 13.6. The Morgan fingerprint density at radius 2 is 1.95 bits per heavy atom. The summed E-state index contributed by atoms with van der Waals surface area (Å²) in [6, 6.07) is 4.18. The quantitative estimate of drug-likeness (QED) is 0.428. The van der Waals surface area contributed by atoms with Crippen LogP contribution < -0.4 is 15.4 Å². The van der Waals surface area contributed by atoms with Crippen LogP contribution in [0.2, 0.25) is 0 Å². The van der Waals surface area contributed by atoms with E-state index in [0.29, 0.717) is 17.9 Å². The lowest BCUT2D eigenvalue weighted by Gasteiger charge is -2.17. The van der Waals surface area contributed by atoms with Crippen LogP contribution in [0.25, 0.3) is 6.08 Å². The molecule has 0 radical (unpaired) electrons. The summed E-state index contributed by atoms with van der Waals surface area (Å²) in [5.41, 5.74) is 0.148. The number of amides is 2. The fraction of sp³-hybridized carbons (Fsp3) is 0.143. The smallest absolute Gasteiger partial charge is 0.335 e. The molecule has 0 spiro atoms. The van der Waals surface area contributed by atoms with E-state index >= 15 is 0 Å². The Morgan fingerprint density at radius 1 is 1.32 bits per heavy atom. The van der Waals surface area contributed by atoms with Crippen molar-refractivity contribution in [1.29, 1.82) is 0 Å². The monoisotopic (exact) mass is 320 g/mol. The standard InChI is InChI=1S/C14H12N2O5S/c1-2-21-10-4-3-7(13(19)20)5-8(10)6-9-11(17)15-14(22)16-12(9)18/h3-6H,2H2,1H3,(H,19,20)(H2,15,16,17,18,22). The third kappa shape index (κ3) is 3.29. The molecule has 22 heavy (non-hydrogen) atoms. The number of carbonyl (C=O) groups excluding carboxylic acids is 2. The minimum absolute atomic E-state index is 0.0162. The van der Waals surface area contributed by atoms with Crippen LogP contribution in [-0.4, -0.2) is 34.6 Å². The van der Waals surface area contributed by atoms with Crippen molar-refractivity contribution < 1.29 is 24.2 Å². The van der Waals surface area contributed by atoms with Crippen molar-refractivity contribution >= 4 is 41.2 Å². The molecule has 0 aromatic heterocycles. The summed E-state index contributed by atoms with van der Waals surface area (Å²) < 4.78 is 5.38. The fourth-order valence-corrected chi connectivity index (χ4v) is 2.03. The lowest BCUT2D eigenvalue weighted by Crippen LogP contribution is -2.51. The van der Waals surface area contributed by atoms with Gasteiger partial charge in [0.15, 0.2) is 5.11 Å². The Bertz CT molecular complexity index is 689. The molecule has 1 saturated heterocycles. The molecular weight excluding hydrogens is 308 g/mol. The Kier molecular flexibility index (Phi) is 4.52. The molecule has 7 nitrogen and oxygen atoms in total. The Balaban J connectivity index is 2.49. The van der Waals surface area contributed by atoms with Crippen LogP contribution in [0, 0.1) is 0 Å². The van der Waals surface area contributed by atoms with Gasteiger partial charge in [-0.1, -0.05) is 0 Å². The number of benzene rings is 1. The summed E-state index contributed by atoms with van der Waals surface area (Å²) in [5.74, 6) is -2.07. The maximum Gasteiger partial charge on any atom is 0.335 e. The fourth-order valence-electron chi connectivity index (χ4n) is 1.84. The van der Waals surface area contributed by atoms with E-state index in [-0.39, 0.29) is 16.2 Å². The van der Waals surface area contributed by atoms with E-state index in [1.54, 1.807) is 6.92 Å². The van der Waals surface area contributed by atoms with Gasteiger partial charge in [0, 0.05) is 5.56 Å². The molecule has 3 N–H and O–H groups in total. The number of hydrogen-bond acceptors (Lipinski definition) is 5. The molecule has 2 amide bonds. The molecule has 0 bridgehead atoms. The highest BCUT2D eigenvalue weighted by atomic mass is 32.1. The molecule has 1 fully saturated rings. The topological polar surface area (TPSA) is 105 Å². The van der Waals surface area contributed by atoms with Crippen LogP contribution in [0.1, 0.15) is 22.8 Å². The first-order valence-corrected chi connectivity index (χ1v) is 6.71. The second-order valence-electron chi connectivity index (χ2n) is 4.29. The van der Waals surface area contributed by atoms with Crippen LogP contribution in [0.3, 0.4) is 0 Å². The van der Waals surface area contributed by atoms with Gasteiger partial charge >= 0.3 is 5.97 Å². The van der Waals surface area contributed by atoms with E-state index in [1.807, 2.05) is 0 Å². The first kappa shape index (κ1) is 15.6. The van der Waals surface area contributed by atoms with Crippen LogP contribution in [-0.2, 0) is 9.59 Å². The second-order valence-corrected chi connectivity index (χ2v) is 4.69. The SMILES string of the molecule is CCOc1ccc(C(=O)O)cc1C=C1C(=O)NC(=S)NC1=O. The largest absolute Gasteiger partial charge is 0.493 e. The van der Waals surface area contributed by atoms with Crippen molar-refractivity contribution in [1.82, 2.24) is 10.6 Å². The normalized spacial score (nSPS) is 14.2. The number of carbonyl (C=O) groups is 3. The van der Waals surface area contributed by atoms with Crippen LogP contribution in [0.15, 0.2) is 23.8 Å². The molecule has 1 heterocycles. The number of carboxylic acid groups (broad SMARTS) is 1. The highest BCUT2D eigenvalue weighted by Gasteiger charge is 2.26. The number of rotatable bonds is 4. The zero-order valence-electron chi connectivity index (χ0n) is 11.5. The van der Waals surface area contributed by atoms with E-state index < -0.39 is 17.8 Å². The van der Waals surface area contributed by atoms with E-state index in [0.717, 1.165) is 0 Å². The van der Waals surface area contributed by atoms with E-state index in [1.165, 1.54) is 24.3 Å². The molecule has 1 aliphatic rings. The average Bonchev–Trinajstić information content (AvgIpc) is 2.44. The maximum absolute atomic E-state index is 11.8. The van der Waals surface area contributed by atoms with Crippen LogP contribution in [0.4, 0.5) is 0 Å². The maximum atomic E-state index is 11.8. The zero-order chi connectivity index (χ0) is 16.3. The molecule has 114 valence electrons. The summed E-state index contributed by atoms with van der Waals surface area (Å²) >= 11 is 4.71. The van der Waals surface area contributed by atoms with Gasteiger partial charge in [-0.3, -0.25) is 20.2 Å². The highest BCUT2D eigenvalue weighted by Crippen LogP contribution is 2.24. The third-order valence-electron chi connectivity index (χ3n) is 2.80. The lowest BCUT2D eigenvalue weighted by atomic mass is 10.0. The second kappa shape index (κ2) is 6.35. The molecule has 0 atom stereocenters. The number of aromatic carboxylic acids is 1. The van der Waals surface area contributed by atoms with Crippen molar-refractivity contribution in [3.63, 3.8) is 0 Å². The van der Waals surface area contributed by atoms with Gasteiger partial charge in [0.25, 0.3) is 11.8 Å². The molecule has 0 saturated carbocycles. The van der Waals surface area contributed by atoms with Gasteiger partial charge in [-0.05, 0) is 43.4 Å². The number of hydrogen-bond donors (Lipinski definition) is 3. The zero-order valence-corrected chi connectivity index (χ0v) is 12.3. The van der Waals surface area contributed by atoms with Crippen LogP contribution in [0.5, 0.6) is 5.75 Å².